The summed E-state index contributed by atoms with van der Waals surface area (Å²) in [5.74, 6) is 1.94. The molecule has 0 spiro atoms. The first-order valence-electron chi connectivity index (χ1n) is 9.26. The minimum atomic E-state index is -0.509. The standard InChI is InChI=1S/C19H31N3OS/c1-2-8-21-9-11-22(12-10-21)18-6-4-3-5-17(18)14-20-15-19(23)7-13-24-16-19/h3-6,20,23H,2,7-16H2,1H3. The Morgan fingerprint density at radius 3 is 2.71 bits per heavy atom. The molecule has 2 aliphatic rings. The van der Waals surface area contributed by atoms with Gasteiger partial charge >= 0.3 is 0 Å². The molecule has 2 fully saturated rings. The van der Waals surface area contributed by atoms with Gasteiger partial charge in [-0.25, -0.2) is 0 Å². The molecule has 24 heavy (non-hydrogen) atoms. The Morgan fingerprint density at radius 1 is 1.21 bits per heavy atom. The van der Waals surface area contributed by atoms with Crippen LogP contribution in [0.2, 0.25) is 0 Å². The maximum absolute atomic E-state index is 10.5. The van der Waals surface area contributed by atoms with Crippen LogP contribution in [0.4, 0.5) is 5.69 Å². The van der Waals surface area contributed by atoms with Crippen LogP contribution in [0.5, 0.6) is 0 Å². The Labute approximate surface area is 150 Å². The Bertz CT molecular complexity index is 511. The number of thioether (sulfide) groups is 1. The molecule has 2 N–H and O–H groups in total. The van der Waals surface area contributed by atoms with Crippen molar-refractivity contribution in [3.05, 3.63) is 29.8 Å². The van der Waals surface area contributed by atoms with Crippen LogP contribution < -0.4 is 10.2 Å². The van der Waals surface area contributed by atoms with Crippen molar-refractivity contribution < 1.29 is 5.11 Å². The minimum Gasteiger partial charge on any atom is -0.388 e. The van der Waals surface area contributed by atoms with E-state index in [1.54, 1.807) is 0 Å². The molecule has 1 aromatic carbocycles. The number of aliphatic hydroxyl groups is 1. The third kappa shape index (κ3) is 4.66. The van der Waals surface area contributed by atoms with Crippen molar-refractivity contribution in [2.24, 2.45) is 0 Å². The average Bonchev–Trinajstić information content (AvgIpc) is 3.03. The van der Waals surface area contributed by atoms with Gasteiger partial charge < -0.3 is 15.3 Å². The first kappa shape index (κ1) is 18.1. The summed E-state index contributed by atoms with van der Waals surface area (Å²) in [6, 6.07) is 8.72. The average molecular weight is 350 g/mol. The van der Waals surface area contributed by atoms with Crippen molar-refractivity contribution >= 4 is 17.4 Å². The van der Waals surface area contributed by atoms with E-state index >= 15 is 0 Å². The van der Waals surface area contributed by atoms with Gasteiger partial charge in [0.15, 0.2) is 0 Å². The highest BCUT2D eigenvalue weighted by Crippen LogP contribution is 2.27. The summed E-state index contributed by atoms with van der Waals surface area (Å²) < 4.78 is 0. The van der Waals surface area contributed by atoms with E-state index < -0.39 is 5.60 Å². The van der Waals surface area contributed by atoms with Crippen molar-refractivity contribution in [3.8, 4) is 0 Å². The second kappa shape index (κ2) is 8.56. The number of hydrogen-bond acceptors (Lipinski definition) is 5. The predicted molar refractivity (Wildman–Crippen MR) is 104 cm³/mol. The number of para-hydroxylation sites is 1. The maximum Gasteiger partial charge on any atom is 0.0869 e. The molecular weight excluding hydrogens is 318 g/mol. The summed E-state index contributed by atoms with van der Waals surface area (Å²) in [5.41, 5.74) is 2.19. The molecule has 1 unspecified atom stereocenters. The molecule has 2 heterocycles. The number of anilines is 1. The van der Waals surface area contributed by atoms with Crippen molar-refractivity contribution in [2.75, 3.05) is 55.7 Å². The highest BCUT2D eigenvalue weighted by molar-refractivity contribution is 7.99. The third-order valence-electron chi connectivity index (χ3n) is 5.10. The van der Waals surface area contributed by atoms with Crippen LogP contribution in [0.3, 0.4) is 0 Å². The van der Waals surface area contributed by atoms with Gasteiger partial charge in [0.2, 0.25) is 0 Å². The lowest BCUT2D eigenvalue weighted by molar-refractivity contribution is 0.0675. The first-order chi connectivity index (χ1) is 11.7. The van der Waals surface area contributed by atoms with E-state index in [-0.39, 0.29) is 0 Å². The molecule has 0 amide bonds. The Hall–Kier alpha value is -0.750. The molecule has 134 valence electrons. The highest BCUT2D eigenvalue weighted by atomic mass is 32.2. The van der Waals surface area contributed by atoms with Crippen molar-refractivity contribution in [2.45, 2.75) is 31.9 Å². The van der Waals surface area contributed by atoms with Gasteiger partial charge in [0.25, 0.3) is 0 Å². The largest absolute Gasteiger partial charge is 0.388 e. The van der Waals surface area contributed by atoms with Gasteiger partial charge in [-0.1, -0.05) is 25.1 Å². The lowest BCUT2D eigenvalue weighted by atomic mass is 10.0. The van der Waals surface area contributed by atoms with E-state index in [0.717, 1.165) is 50.7 Å². The van der Waals surface area contributed by atoms with Gasteiger partial charge in [0.05, 0.1) is 5.60 Å². The van der Waals surface area contributed by atoms with Gasteiger partial charge in [-0.2, -0.15) is 11.8 Å². The normalized spacial score (nSPS) is 25.3. The van der Waals surface area contributed by atoms with Gasteiger partial charge in [-0.15, -0.1) is 0 Å². The monoisotopic (exact) mass is 349 g/mol. The Kier molecular flexibility index (Phi) is 6.44. The van der Waals surface area contributed by atoms with Gasteiger partial charge in [-0.3, -0.25) is 4.90 Å². The number of nitrogens with one attached hydrogen (secondary N) is 1. The molecule has 1 aromatic rings. The van der Waals surface area contributed by atoms with E-state index in [1.807, 2.05) is 11.8 Å². The molecule has 5 heteroatoms. The molecule has 0 bridgehead atoms. The number of benzene rings is 1. The Morgan fingerprint density at radius 2 is 2.00 bits per heavy atom. The van der Waals surface area contributed by atoms with Gasteiger partial charge in [-0.05, 0) is 36.8 Å². The van der Waals surface area contributed by atoms with Crippen molar-refractivity contribution in [1.82, 2.24) is 10.2 Å². The fourth-order valence-corrected chi connectivity index (χ4v) is 4.96. The quantitative estimate of drug-likeness (QED) is 0.789. The van der Waals surface area contributed by atoms with Crippen molar-refractivity contribution in [3.63, 3.8) is 0 Å². The van der Waals surface area contributed by atoms with Crippen LogP contribution in [0.25, 0.3) is 0 Å². The summed E-state index contributed by atoms with van der Waals surface area (Å²) in [7, 11) is 0. The summed E-state index contributed by atoms with van der Waals surface area (Å²) >= 11 is 1.85. The second-order valence-electron chi connectivity index (χ2n) is 7.09. The zero-order valence-electron chi connectivity index (χ0n) is 14.8. The molecule has 0 aromatic heterocycles. The van der Waals surface area contributed by atoms with E-state index in [4.69, 9.17) is 0 Å². The maximum atomic E-state index is 10.5. The molecule has 0 aliphatic carbocycles. The SMILES string of the molecule is CCCN1CCN(c2ccccc2CNCC2(O)CCSC2)CC1. The first-order valence-corrected chi connectivity index (χ1v) is 10.4. The fourth-order valence-electron chi connectivity index (χ4n) is 3.66. The molecule has 2 saturated heterocycles. The van der Waals surface area contributed by atoms with Crippen LogP contribution in [0.1, 0.15) is 25.3 Å². The lowest BCUT2D eigenvalue weighted by Crippen LogP contribution is -2.47. The zero-order valence-corrected chi connectivity index (χ0v) is 15.7. The van der Waals surface area contributed by atoms with Gasteiger partial charge in [0.1, 0.15) is 0 Å². The molecule has 0 radical (unpaired) electrons. The minimum absolute atomic E-state index is 0.509. The molecule has 2 aliphatic heterocycles. The Balaban J connectivity index is 1.55. The fraction of sp³-hybridized carbons (Fsp3) is 0.684. The number of nitrogens with zero attached hydrogens (tertiary/aromatic N) is 2. The smallest absolute Gasteiger partial charge is 0.0869 e. The van der Waals surface area contributed by atoms with E-state index in [2.05, 4.69) is 46.3 Å². The number of piperazine rings is 1. The number of rotatable bonds is 7. The van der Waals surface area contributed by atoms with Crippen LogP contribution in [0, 0.1) is 0 Å². The van der Waals surface area contributed by atoms with Crippen LogP contribution in [0.15, 0.2) is 24.3 Å². The van der Waals surface area contributed by atoms with E-state index in [9.17, 15) is 5.11 Å². The van der Waals surface area contributed by atoms with E-state index in [1.165, 1.54) is 24.2 Å². The molecule has 4 nitrogen and oxygen atoms in total. The highest BCUT2D eigenvalue weighted by Gasteiger charge is 2.31. The summed E-state index contributed by atoms with van der Waals surface area (Å²) in [6.07, 6.45) is 2.15. The molecule has 3 rings (SSSR count). The molecular formula is C19H31N3OS. The van der Waals surface area contributed by atoms with Gasteiger partial charge in [0, 0.05) is 50.7 Å². The van der Waals surface area contributed by atoms with Crippen LogP contribution >= 0.6 is 11.8 Å². The third-order valence-corrected chi connectivity index (χ3v) is 6.33. The van der Waals surface area contributed by atoms with E-state index in [0.29, 0.717) is 6.54 Å². The topological polar surface area (TPSA) is 38.7 Å². The zero-order chi connectivity index (χ0) is 16.8. The van der Waals surface area contributed by atoms with Crippen LogP contribution in [-0.2, 0) is 6.54 Å². The van der Waals surface area contributed by atoms with Crippen LogP contribution in [-0.4, -0.2) is 66.4 Å². The summed E-state index contributed by atoms with van der Waals surface area (Å²) in [4.78, 5) is 5.08. The summed E-state index contributed by atoms with van der Waals surface area (Å²) in [6.45, 7) is 9.53. The summed E-state index contributed by atoms with van der Waals surface area (Å²) in [5, 5.41) is 14.0. The molecule has 1 atom stereocenters. The predicted octanol–water partition coefficient (Wildman–Crippen LogP) is 2.18. The second-order valence-corrected chi connectivity index (χ2v) is 8.19. The number of hydrogen-bond donors (Lipinski definition) is 2. The lowest BCUT2D eigenvalue weighted by Gasteiger charge is -2.37. The van der Waals surface area contributed by atoms with Crippen molar-refractivity contribution in [1.29, 1.82) is 0 Å². The molecule has 0 saturated carbocycles.